The van der Waals surface area contributed by atoms with E-state index in [2.05, 4.69) is 10.6 Å². The first-order valence-corrected chi connectivity index (χ1v) is 7.59. The Morgan fingerprint density at radius 2 is 2.05 bits per heavy atom. The molecule has 4 heteroatoms. The fourth-order valence-corrected chi connectivity index (χ4v) is 2.59. The molecule has 0 atom stereocenters. The average Bonchev–Trinajstić information content (AvgIpc) is 2.47. The van der Waals surface area contributed by atoms with Gasteiger partial charge in [-0.25, -0.2) is 0 Å². The van der Waals surface area contributed by atoms with E-state index >= 15 is 0 Å². The molecule has 4 N–H and O–H groups in total. The highest BCUT2D eigenvalue weighted by Gasteiger charge is 2.18. The van der Waals surface area contributed by atoms with Crippen molar-refractivity contribution < 1.29 is 4.79 Å². The molecule has 2 rings (SSSR count). The van der Waals surface area contributed by atoms with E-state index in [1.54, 1.807) is 0 Å². The van der Waals surface area contributed by atoms with E-state index < -0.39 is 0 Å². The van der Waals surface area contributed by atoms with Crippen molar-refractivity contribution in [2.75, 3.05) is 11.9 Å². The zero-order chi connectivity index (χ0) is 14.4. The lowest BCUT2D eigenvalue weighted by atomic mass is 9.91. The summed E-state index contributed by atoms with van der Waals surface area (Å²) in [5.74, 6) is 0.00108. The van der Waals surface area contributed by atoms with Gasteiger partial charge in [-0.3, -0.25) is 4.79 Å². The third-order valence-corrected chi connectivity index (χ3v) is 3.80. The van der Waals surface area contributed by atoms with Crippen LogP contribution in [0.3, 0.4) is 0 Å². The smallest absolute Gasteiger partial charge is 0.251 e. The van der Waals surface area contributed by atoms with E-state index in [1.165, 1.54) is 0 Å². The average molecular weight is 275 g/mol. The standard InChI is InChI=1S/C16H25N3O/c1-2-10-18-16(20)12-4-3-5-15(11-12)19-14-8-6-13(17)7-9-14/h3-5,11,13-14,19H,2,6-10,17H2,1H3,(H,18,20). The van der Waals surface area contributed by atoms with Crippen LogP contribution < -0.4 is 16.4 Å². The molecule has 0 radical (unpaired) electrons. The van der Waals surface area contributed by atoms with Gasteiger partial charge in [0, 0.05) is 29.9 Å². The lowest BCUT2D eigenvalue weighted by Crippen LogP contribution is -2.32. The molecule has 0 saturated heterocycles. The maximum atomic E-state index is 11.9. The van der Waals surface area contributed by atoms with Crippen LogP contribution in [0.2, 0.25) is 0 Å². The van der Waals surface area contributed by atoms with Crippen LogP contribution >= 0.6 is 0 Å². The molecule has 1 aliphatic carbocycles. The second-order valence-corrected chi connectivity index (χ2v) is 5.59. The van der Waals surface area contributed by atoms with Gasteiger partial charge in [0.05, 0.1) is 0 Å². The summed E-state index contributed by atoms with van der Waals surface area (Å²) in [5, 5.41) is 6.42. The quantitative estimate of drug-likeness (QED) is 0.773. The number of rotatable bonds is 5. The maximum Gasteiger partial charge on any atom is 0.251 e. The van der Waals surface area contributed by atoms with E-state index in [1.807, 2.05) is 31.2 Å². The number of hydrogen-bond acceptors (Lipinski definition) is 3. The molecular formula is C16H25N3O. The summed E-state index contributed by atoms with van der Waals surface area (Å²) in [5.41, 5.74) is 7.66. The minimum atomic E-state index is 0.00108. The minimum Gasteiger partial charge on any atom is -0.382 e. The first-order chi connectivity index (χ1) is 9.69. The summed E-state index contributed by atoms with van der Waals surface area (Å²) < 4.78 is 0. The molecule has 20 heavy (non-hydrogen) atoms. The summed E-state index contributed by atoms with van der Waals surface area (Å²) in [7, 11) is 0. The van der Waals surface area contributed by atoms with E-state index in [4.69, 9.17) is 5.73 Å². The molecule has 0 unspecified atom stereocenters. The first-order valence-electron chi connectivity index (χ1n) is 7.59. The van der Waals surface area contributed by atoms with Gasteiger partial charge in [0.2, 0.25) is 0 Å². The van der Waals surface area contributed by atoms with Gasteiger partial charge in [-0.15, -0.1) is 0 Å². The first kappa shape index (κ1) is 14.9. The van der Waals surface area contributed by atoms with Crippen LogP contribution in [-0.4, -0.2) is 24.5 Å². The Morgan fingerprint density at radius 3 is 2.75 bits per heavy atom. The number of nitrogens with one attached hydrogen (secondary N) is 2. The molecule has 1 aromatic carbocycles. The molecule has 0 spiro atoms. The number of amides is 1. The monoisotopic (exact) mass is 275 g/mol. The SMILES string of the molecule is CCCNC(=O)c1cccc(NC2CCC(N)CC2)c1. The highest BCUT2D eigenvalue weighted by molar-refractivity contribution is 5.95. The largest absolute Gasteiger partial charge is 0.382 e. The summed E-state index contributed by atoms with van der Waals surface area (Å²) in [6.07, 6.45) is 5.32. The minimum absolute atomic E-state index is 0.00108. The topological polar surface area (TPSA) is 67.2 Å². The fraction of sp³-hybridized carbons (Fsp3) is 0.562. The lowest BCUT2D eigenvalue weighted by molar-refractivity contribution is 0.0953. The molecule has 4 nitrogen and oxygen atoms in total. The van der Waals surface area contributed by atoms with Gasteiger partial charge < -0.3 is 16.4 Å². The van der Waals surface area contributed by atoms with Crippen LogP contribution in [0.15, 0.2) is 24.3 Å². The van der Waals surface area contributed by atoms with Crippen molar-refractivity contribution in [3.63, 3.8) is 0 Å². The summed E-state index contributed by atoms with van der Waals surface area (Å²) in [6, 6.07) is 8.57. The predicted octanol–water partition coefficient (Wildman–Crippen LogP) is 2.51. The summed E-state index contributed by atoms with van der Waals surface area (Å²) >= 11 is 0. The number of nitrogens with two attached hydrogens (primary N) is 1. The van der Waals surface area contributed by atoms with Gasteiger partial charge in [-0.05, 0) is 50.3 Å². The third-order valence-electron chi connectivity index (χ3n) is 3.80. The van der Waals surface area contributed by atoms with Crippen molar-refractivity contribution in [1.82, 2.24) is 5.32 Å². The Hall–Kier alpha value is -1.55. The number of carbonyl (C=O) groups excluding carboxylic acids is 1. The molecular weight excluding hydrogens is 250 g/mol. The highest BCUT2D eigenvalue weighted by Crippen LogP contribution is 2.21. The Balaban J connectivity index is 1.93. The van der Waals surface area contributed by atoms with Crippen LogP contribution in [0.1, 0.15) is 49.4 Å². The van der Waals surface area contributed by atoms with Gasteiger partial charge in [-0.2, -0.15) is 0 Å². The van der Waals surface area contributed by atoms with Crippen LogP contribution in [0.25, 0.3) is 0 Å². The van der Waals surface area contributed by atoms with Gasteiger partial charge >= 0.3 is 0 Å². The van der Waals surface area contributed by atoms with Gasteiger partial charge in [-0.1, -0.05) is 13.0 Å². The van der Waals surface area contributed by atoms with E-state index in [-0.39, 0.29) is 5.91 Å². The molecule has 0 aliphatic heterocycles. The Morgan fingerprint density at radius 1 is 1.30 bits per heavy atom. The van der Waals surface area contributed by atoms with Gasteiger partial charge in [0.25, 0.3) is 5.91 Å². The summed E-state index contributed by atoms with van der Waals surface area (Å²) in [6.45, 7) is 2.77. The van der Waals surface area contributed by atoms with E-state index in [9.17, 15) is 4.79 Å². The Kier molecular flexibility index (Phi) is 5.41. The molecule has 0 aromatic heterocycles. The fourth-order valence-electron chi connectivity index (χ4n) is 2.59. The Labute approximate surface area is 121 Å². The molecule has 0 bridgehead atoms. The number of carbonyl (C=O) groups is 1. The van der Waals surface area contributed by atoms with Crippen LogP contribution in [0, 0.1) is 0 Å². The lowest BCUT2D eigenvalue weighted by Gasteiger charge is -2.27. The van der Waals surface area contributed by atoms with Crippen molar-refractivity contribution in [1.29, 1.82) is 0 Å². The molecule has 1 aromatic rings. The zero-order valence-corrected chi connectivity index (χ0v) is 12.2. The van der Waals surface area contributed by atoms with E-state index in [0.717, 1.165) is 49.9 Å². The maximum absolute atomic E-state index is 11.9. The van der Waals surface area contributed by atoms with Crippen LogP contribution in [0.4, 0.5) is 5.69 Å². The molecule has 1 amide bonds. The van der Waals surface area contributed by atoms with Crippen molar-refractivity contribution in [2.24, 2.45) is 5.73 Å². The van der Waals surface area contributed by atoms with E-state index in [0.29, 0.717) is 12.1 Å². The molecule has 0 heterocycles. The number of anilines is 1. The molecule has 110 valence electrons. The Bertz CT molecular complexity index is 439. The van der Waals surface area contributed by atoms with Crippen molar-refractivity contribution in [3.8, 4) is 0 Å². The predicted molar refractivity (Wildman–Crippen MR) is 82.9 cm³/mol. The normalized spacial score (nSPS) is 22.3. The second-order valence-electron chi connectivity index (χ2n) is 5.59. The zero-order valence-electron chi connectivity index (χ0n) is 12.2. The third kappa shape index (κ3) is 4.23. The highest BCUT2D eigenvalue weighted by atomic mass is 16.1. The van der Waals surface area contributed by atoms with Gasteiger partial charge in [0.15, 0.2) is 0 Å². The number of hydrogen-bond donors (Lipinski definition) is 3. The van der Waals surface area contributed by atoms with Crippen molar-refractivity contribution in [3.05, 3.63) is 29.8 Å². The molecule has 1 aliphatic rings. The number of benzene rings is 1. The second kappa shape index (κ2) is 7.29. The van der Waals surface area contributed by atoms with Gasteiger partial charge in [0.1, 0.15) is 0 Å². The van der Waals surface area contributed by atoms with Crippen LogP contribution in [-0.2, 0) is 0 Å². The van der Waals surface area contributed by atoms with Crippen molar-refractivity contribution >= 4 is 11.6 Å². The molecule has 1 saturated carbocycles. The van der Waals surface area contributed by atoms with Crippen molar-refractivity contribution in [2.45, 2.75) is 51.1 Å². The van der Waals surface area contributed by atoms with Crippen LogP contribution in [0.5, 0.6) is 0 Å². The summed E-state index contributed by atoms with van der Waals surface area (Å²) in [4.78, 5) is 11.9. The molecule has 1 fully saturated rings.